The largest absolute Gasteiger partial charge is 0.454 e. The van der Waals surface area contributed by atoms with Crippen LogP contribution in [0.3, 0.4) is 0 Å². The van der Waals surface area contributed by atoms with E-state index in [2.05, 4.69) is 0 Å². The lowest BCUT2D eigenvalue weighted by molar-refractivity contribution is -0.109. The summed E-state index contributed by atoms with van der Waals surface area (Å²) in [6.45, 7) is 1.79. The van der Waals surface area contributed by atoms with E-state index in [9.17, 15) is 9.59 Å². The molecule has 0 saturated heterocycles. The van der Waals surface area contributed by atoms with Crippen LogP contribution in [0.2, 0.25) is 0 Å². The van der Waals surface area contributed by atoms with Crippen molar-refractivity contribution in [2.75, 3.05) is 12.5 Å². The molecule has 0 aromatic heterocycles. The predicted molar refractivity (Wildman–Crippen MR) is 73.2 cm³/mol. The molecule has 1 aromatic rings. The number of fused-ring (bicyclic) bond motifs is 1. The minimum absolute atomic E-state index is 0.0709. The number of ether oxygens (including phenoxy) is 2. The zero-order chi connectivity index (χ0) is 13.7. The molecule has 0 spiro atoms. The van der Waals surface area contributed by atoms with E-state index >= 15 is 0 Å². The summed E-state index contributed by atoms with van der Waals surface area (Å²) in [5, 5.41) is 0.0709. The van der Waals surface area contributed by atoms with E-state index in [1.165, 1.54) is 18.7 Å². The number of carbonyl (C=O) groups excluding carboxylic acids is 2. The van der Waals surface area contributed by atoms with Crippen LogP contribution in [0.25, 0.3) is 0 Å². The van der Waals surface area contributed by atoms with E-state index < -0.39 is 0 Å². The van der Waals surface area contributed by atoms with Crippen LogP contribution >= 0.6 is 11.8 Å². The van der Waals surface area contributed by atoms with Crippen molar-refractivity contribution in [1.82, 2.24) is 0 Å². The third-order valence-corrected chi connectivity index (χ3v) is 3.90. The van der Waals surface area contributed by atoms with Crippen molar-refractivity contribution in [3.8, 4) is 11.5 Å². The van der Waals surface area contributed by atoms with E-state index in [1.807, 2.05) is 24.5 Å². The number of hydrogen-bond donors (Lipinski definition) is 0. The highest BCUT2D eigenvalue weighted by Gasteiger charge is 2.16. The maximum Gasteiger partial charge on any atom is 0.231 e. The number of benzene rings is 1. The molecule has 2 rings (SSSR count). The van der Waals surface area contributed by atoms with Gasteiger partial charge in [0.1, 0.15) is 0 Å². The van der Waals surface area contributed by atoms with Gasteiger partial charge in [0.2, 0.25) is 6.79 Å². The lowest BCUT2D eigenvalue weighted by Crippen LogP contribution is -2.09. The summed E-state index contributed by atoms with van der Waals surface area (Å²) in [6, 6.07) is 5.76. The molecule has 0 fully saturated rings. The molecule has 19 heavy (non-hydrogen) atoms. The molecule has 1 atom stereocenters. The Hall–Kier alpha value is -1.49. The van der Waals surface area contributed by atoms with Gasteiger partial charge >= 0.3 is 0 Å². The van der Waals surface area contributed by atoms with Crippen molar-refractivity contribution in [3.63, 3.8) is 0 Å². The molecule has 1 radical (unpaired) electrons. The fourth-order valence-electron chi connectivity index (χ4n) is 1.94. The number of rotatable bonds is 6. The third-order valence-electron chi connectivity index (χ3n) is 2.86. The second-order valence-corrected chi connectivity index (χ2v) is 5.61. The van der Waals surface area contributed by atoms with Crippen LogP contribution in [0.4, 0.5) is 0 Å². The molecule has 1 aromatic carbocycles. The molecule has 0 N–H and O–H groups in total. The van der Waals surface area contributed by atoms with Crippen LogP contribution in [-0.2, 0) is 16.0 Å². The molecule has 1 aliphatic rings. The quantitative estimate of drug-likeness (QED) is 0.800. The summed E-state index contributed by atoms with van der Waals surface area (Å²) in [5.41, 5.74) is 1.08. The van der Waals surface area contributed by atoms with E-state index in [-0.39, 0.29) is 17.8 Å². The van der Waals surface area contributed by atoms with Crippen LogP contribution in [0, 0.1) is 5.92 Å². The summed E-state index contributed by atoms with van der Waals surface area (Å²) in [7, 11) is 0. The van der Waals surface area contributed by atoms with Crippen LogP contribution in [0.15, 0.2) is 18.2 Å². The monoisotopic (exact) mass is 279 g/mol. The standard InChI is InChI=1S/C14H15O4S/c1-10(16)19-8-12(4-5-15)6-11-2-3-13-14(7-11)18-9-17-13/h2-3,7,12H,4,6,8-9H2,1H3/t12-/m1/s1. The maximum atomic E-state index is 11.0. The molecular weight excluding hydrogens is 264 g/mol. The second-order valence-electron chi connectivity index (χ2n) is 4.41. The van der Waals surface area contributed by atoms with Crippen molar-refractivity contribution in [2.45, 2.75) is 19.8 Å². The van der Waals surface area contributed by atoms with E-state index in [0.29, 0.717) is 12.2 Å². The first-order chi connectivity index (χ1) is 9.19. The minimum atomic E-state index is 0.0709. The molecule has 4 nitrogen and oxygen atoms in total. The SMILES string of the molecule is CC(=O)SC[C@H](C[C]=O)Cc1ccc2c(c1)OCO2. The van der Waals surface area contributed by atoms with Gasteiger partial charge in [-0.15, -0.1) is 0 Å². The smallest absolute Gasteiger partial charge is 0.231 e. The normalized spacial score (nSPS) is 14.2. The topological polar surface area (TPSA) is 52.6 Å². The Morgan fingerprint density at radius 3 is 2.95 bits per heavy atom. The summed E-state index contributed by atoms with van der Waals surface area (Å²) in [6.07, 6.45) is 3.00. The van der Waals surface area contributed by atoms with Gasteiger partial charge in [-0.3, -0.25) is 9.59 Å². The van der Waals surface area contributed by atoms with Crippen LogP contribution in [0.5, 0.6) is 11.5 Å². The fourth-order valence-corrected chi connectivity index (χ4v) is 2.65. The number of thioether (sulfide) groups is 1. The van der Waals surface area contributed by atoms with Crippen LogP contribution in [0.1, 0.15) is 18.9 Å². The highest BCUT2D eigenvalue weighted by molar-refractivity contribution is 8.13. The highest BCUT2D eigenvalue weighted by atomic mass is 32.2. The summed E-state index contributed by atoms with van der Waals surface area (Å²) >= 11 is 1.25. The van der Waals surface area contributed by atoms with Crippen LogP contribution in [-0.4, -0.2) is 23.9 Å². The Morgan fingerprint density at radius 1 is 1.42 bits per heavy atom. The van der Waals surface area contributed by atoms with Gasteiger partial charge in [0, 0.05) is 19.1 Å². The molecule has 1 heterocycles. The Labute approximate surface area is 116 Å². The zero-order valence-electron chi connectivity index (χ0n) is 10.7. The van der Waals surface area contributed by atoms with Gasteiger partial charge < -0.3 is 9.47 Å². The fraction of sp³-hybridized carbons (Fsp3) is 0.429. The van der Waals surface area contributed by atoms with Crippen LogP contribution < -0.4 is 9.47 Å². The van der Waals surface area contributed by atoms with Gasteiger partial charge in [0.15, 0.2) is 22.9 Å². The average molecular weight is 279 g/mol. The first-order valence-corrected chi connectivity index (χ1v) is 7.04. The van der Waals surface area contributed by atoms with Gasteiger partial charge in [-0.25, -0.2) is 0 Å². The van der Waals surface area contributed by atoms with Gasteiger partial charge in [0.25, 0.3) is 0 Å². The van der Waals surface area contributed by atoms with E-state index in [0.717, 1.165) is 23.5 Å². The van der Waals surface area contributed by atoms with Crippen molar-refractivity contribution in [1.29, 1.82) is 0 Å². The average Bonchev–Trinajstić information content (AvgIpc) is 2.83. The summed E-state index contributed by atoms with van der Waals surface area (Å²) in [5.74, 6) is 2.25. The number of carbonyl (C=O) groups is 1. The first-order valence-electron chi connectivity index (χ1n) is 6.06. The van der Waals surface area contributed by atoms with Crippen molar-refractivity contribution in [2.24, 2.45) is 5.92 Å². The lowest BCUT2D eigenvalue weighted by atomic mass is 9.98. The maximum absolute atomic E-state index is 11.0. The van der Waals surface area contributed by atoms with Gasteiger partial charge in [-0.2, -0.15) is 0 Å². The molecule has 0 bridgehead atoms. The van der Waals surface area contributed by atoms with Gasteiger partial charge in [-0.1, -0.05) is 17.8 Å². The Balaban J connectivity index is 1.99. The summed E-state index contributed by atoms with van der Waals surface area (Å²) in [4.78, 5) is 21.6. The summed E-state index contributed by atoms with van der Waals surface area (Å²) < 4.78 is 10.6. The number of hydrogen-bond acceptors (Lipinski definition) is 5. The van der Waals surface area contributed by atoms with Crippen molar-refractivity contribution < 1.29 is 19.1 Å². The Kier molecular flexibility index (Phi) is 4.85. The molecule has 0 aliphatic carbocycles. The van der Waals surface area contributed by atoms with E-state index in [1.54, 1.807) is 0 Å². The molecule has 0 amide bonds. The zero-order valence-corrected chi connectivity index (χ0v) is 11.5. The highest BCUT2D eigenvalue weighted by Crippen LogP contribution is 2.33. The van der Waals surface area contributed by atoms with Crippen molar-refractivity contribution in [3.05, 3.63) is 23.8 Å². The Bertz CT molecular complexity index is 473. The van der Waals surface area contributed by atoms with Gasteiger partial charge in [-0.05, 0) is 30.0 Å². The molecule has 0 unspecified atom stereocenters. The molecule has 0 saturated carbocycles. The molecule has 1 aliphatic heterocycles. The molecule has 5 heteroatoms. The Morgan fingerprint density at radius 2 is 2.21 bits per heavy atom. The second kappa shape index (κ2) is 6.61. The van der Waals surface area contributed by atoms with Gasteiger partial charge in [0.05, 0.1) is 0 Å². The molecule has 101 valence electrons. The predicted octanol–water partition coefficient (Wildman–Crippen LogP) is 2.35. The lowest BCUT2D eigenvalue weighted by Gasteiger charge is -2.13. The molecular formula is C14H15O4S. The van der Waals surface area contributed by atoms with E-state index in [4.69, 9.17) is 9.47 Å². The minimum Gasteiger partial charge on any atom is -0.454 e. The first kappa shape index (κ1) is 13.9. The third kappa shape index (κ3) is 3.99. The van der Waals surface area contributed by atoms with Crippen molar-refractivity contribution >= 4 is 23.2 Å².